The fourth-order valence-electron chi connectivity index (χ4n) is 5.59. The number of benzene rings is 1. The van der Waals surface area contributed by atoms with Crippen LogP contribution in [0.25, 0.3) is 0 Å². The molecule has 1 saturated carbocycles. The number of ether oxygens (including phenoxy) is 2. The van der Waals surface area contributed by atoms with Crippen LogP contribution < -0.4 is 14.8 Å². The number of methoxy groups -OCH3 is 2. The second-order valence-electron chi connectivity index (χ2n) is 10.3. The number of nitrogens with zero attached hydrogens (tertiary/aromatic N) is 2. The Morgan fingerprint density at radius 1 is 1.09 bits per heavy atom. The molecule has 1 spiro atoms. The maximum absolute atomic E-state index is 13.4. The van der Waals surface area contributed by atoms with Gasteiger partial charge in [0.15, 0.2) is 11.5 Å². The first kappa shape index (κ1) is 22.9. The van der Waals surface area contributed by atoms with Crippen LogP contribution in [0.2, 0.25) is 0 Å². The van der Waals surface area contributed by atoms with Crippen LogP contribution in [0.3, 0.4) is 0 Å². The Bertz CT molecular complexity index is 889. The maximum atomic E-state index is 13.4. The van der Waals surface area contributed by atoms with Gasteiger partial charge in [-0.15, -0.1) is 0 Å². The Morgan fingerprint density at radius 3 is 2.31 bits per heavy atom. The van der Waals surface area contributed by atoms with Crippen LogP contribution in [-0.4, -0.2) is 54.7 Å². The molecular weight excluding hydrogens is 406 g/mol. The van der Waals surface area contributed by atoms with Crippen molar-refractivity contribution >= 4 is 11.9 Å². The van der Waals surface area contributed by atoms with Crippen LogP contribution in [0.4, 0.5) is 4.79 Å². The second kappa shape index (κ2) is 8.58. The number of carbonyl (C=O) groups excluding carboxylic acids is 2. The molecule has 2 fully saturated rings. The molecule has 2 heterocycles. The highest BCUT2D eigenvalue weighted by Gasteiger charge is 2.53. The van der Waals surface area contributed by atoms with Crippen molar-refractivity contribution in [2.75, 3.05) is 27.4 Å². The Morgan fingerprint density at radius 2 is 1.72 bits per heavy atom. The summed E-state index contributed by atoms with van der Waals surface area (Å²) in [7, 11) is 3.28. The largest absolute Gasteiger partial charge is 0.493 e. The van der Waals surface area contributed by atoms with Crippen LogP contribution in [0.5, 0.6) is 11.5 Å². The number of amides is 3. The fourth-order valence-corrected chi connectivity index (χ4v) is 5.59. The molecule has 3 amide bonds. The molecule has 0 radical (unpaired) electrons. The van der Waals surface area contributed by atoms with Gasteiger partial charge >= 0.3 is 6.03 Å². The lowest BCUT2D eigenvalue weighted by molar-refractivity contribution is -0.134. The second-order valence-corrected chi connectivity index (χ2v) is 10.3. The summed E-state index contributed by atoms with van der Waals surface area (Å²) >= 11 is 0. The van der Waals surface area contributed by atoms with Gasteiger partial charge in [-0.3, -0.25) is 9.69 Å². The molecule has 3 aliphatic rings. The van der Waals surface area contributed by atoms with Crippen LogP contribution in [-0.2, 0) is 17.8 Å². The third-order valence-electron chi connectivity index (χ3n) is 8.24. The zero-order chi connectivity index (χ0) is 23.1. The van der Waals surface area contributed by atoms with Crippen molar-refractivity contribution in [3.63, 3.8) is 0 Å². The summed E-state index contributed by atoms with van der Waals surface area (Å²) in [6.07, 6.45) is 5.42. The van der Waals surface area contributed by atoms with Gasteiger partial charge in [0.2, 0.25) is 0 Å². The van der Waals surface area contributed by atoms with Gasteiger partial charge in [0.25, 0.3) is 5.91 Å². The molecule has 1 saturated heterocycles. The normalized spacial score (nSPS) is 26.3. The Labute approximate surface area is 191 Å². The average molecular weight is 444 g/mol. The van der Waals surface area contributed by atoms with E-state index in [4.69, 9.17) is 9.47 Å². The topological polar surface area (TPSA) is 71.1 Å². The fraction of sp³-hybridized carbons (Fsp3) is 0.680. The zero-order valence-corrected chi connectivity index (χ0v) is 20.1. The summed E-state index contributed by atoms with van der Waals surface area (Å²) in [4.78, 5) is 29.8. The lowest BCUT2D eigenvalue weighted by Crippen LogP contribution is -2.51. The molecule has 0 bridgehead atoms. The Balaban J connectivity index is 1.43. The minimum Gasteiger partial charge on any atom is -0.493 e. The van der Waals surface area contributed by atoms with Crippen molar-refractivity contribution in [1.82, 2.24) is 15.1 Å². The lowest BCUT2D eigenvalue weighted by atomic mass is 9.65. The number of urea groups is 1. The first-order valence-electron chi connectivity index (χ1n) is 11.8. The summed E-state index contributed by atoms with van der Waals surface area (Å²) in [5.41, 5.74) is 1.95. The Kier molecular flexibility index (Phi) is 6.14. The summed E-state index contributed by atoms with van der Waals surface area (Å²) in [6, 6.07) is 3.79. The van der Waals surface area contributed by atoms with Crippen LogP contribution in [0.1, 0.15) is 64.0 Å². The summed E-state index contributed by atoms with van der Waals surface area (Å²) in [5.74, 6) is 1.99. The molecule has 176 valence electrons. The average Bonchev–Trinajstić information content (AvgIpc) is 3.02. The standard InChI is InChI=1S/C25H37N3O4/c1-6-24(2,3)19-7-10-25(11-8-19)22(29)28(23(30)26-25)16-27-12-9-17-13-20(31-4)21(32-5)14-18(17)15-27/h13-14,19H,6-12,15-16H2,1-5H3,(H,26,30). The van der Waals surface area contributed by atoms with E-state index in [2.05, 4.69) is 31.0 Å². The molecule has 1 aliphatic carbocycles. The molecule has 4 rings (SSSR count). The number of hydrogen-bond donors (Lipinski definition) is 1. The van der Waals surface area contributed by atoms with Crippen LogP contribution in [0, 0.1) is 11.3 Å². The van der Waals surface area contributed by atoms with Gasteiger partial charge < -0.3 is 14.8 Å². The van der Waals surface area contributed by atoms with E-state index in [1.807, 2.05) is 12.1 Å². The number of nitrogens with one attached hydrogen (secondary N) is 1. The highest BCUT2D eigenvalue weighted by atomic mass is 16.5. The first-order valence-corrected chi connectivity index (χ1v) is 11.8. The van der Waals surface area contributed by atoms with Crippen molar-refractivity contribution in [3.05, 3.63) is 23.3 Å². The SMILES string of the molecule is CCC(C)(C)C1CCC2(CC1)NC(=O)N(CN1CCc3cc(OC)c(OC)cc3C1)C2=O. The molecule has 1 N–H and O–H groups in total. The highest BCUT2D eigenvalue weighted by molar-refractivity contribution is 6.07. The smallest absolute Gasteiger partial charge is 0.326 e. The molecule has 7 heteroatoms. The van der Waals surface area contributed by atoms with Gasteiger partial charge in [-0.25, -0.2) is 9.69 Å². The third kappa shape index (κ3) is 3.96. The molecule has 0 unspecified atom stereocenters. The van der Waals surface area contributed by atoms with Crippen molar-refractivity contribution < 1.29 is 19.1 Å². The van der Waals surface area contributed by atoms with E-state index >= 15 is 0 Å². The maximum Gasteiger partial charge on any atom is 0.326 e. The number of imide groups is 1. The van der Waals surface area contributed by atoms with Crippen LogP contribution >= 0.6 is 0 Å². The first-order chi connectivity index (χ1) is 15.2. The van der Waals surface area contributed by atoms with Crippen molar-refractivity contribution in [2.45, 2.75) is 71.4 Å². The minimum absolute atomic E-state index is 0.0478. The number of rotatable bonds is 6. The van der Waals surface area contributed by atoms with Crippen molar-refractivity contribution in [3.8, 4) is 11.5 Å². The minimum atomic E-state index is -0.707. The van der Waals surface area contributed by atoms with E-state index < -0.39 is 5.54 Å². The van der Waals surface area contributed by atoms with Crippen LogP contribution in [0.15, 0.2) is 12.1 Å². The summed E-state index contributed by atoms with van der Waals surface area (Å²) in [5, 5.41) is 3.08. The molecule has 1 aromatic carbocycles. The third-order valence-corrected chi connectivity index (χ3v) is 8.24. The number of hydrogen-bond acceptors (Lipinski definition) is 5. The predicted molar refractivity (Wildman–Crippen MR) is 123 cm³/mol. The molecule has 0 atom stereocenters. The lowest BCUT2D eigenvalue weighted by Gasteiger charge is -2.42. The molecule has 2 aliphatic heterocycles. The summed E-state index contributed by atoms with van der Waals surface area (Å²) < 4.78 is 10.9. The van der Waals surface area contributed by atoms with Gasteiger partial charge in [-0.1, -0.05) is 27.2 Å². The van der Waals surface area contributed by atoms with Gasteiger partial charge in [0.05, 0.1) is 20.9 Å². The quantitative estimate of drug-likeness (QED) is 0.675. The van der Waals surface area contributed by atoms with Gasteiger partial charge in [0, 0.05) is 13.1 Å². The Hall–Kier alpha value is -2.28. The molecule has 0 aromatic heterocycles. The molecule has 7 nitrogen and oxygen atoms in total. The highest BCUT2D eigenvalue weighted by Crippen LogP contribution is 2.45. The van der Waals surface area contributed by atoms with Crippen molar-refractivity contribution in [1.29, 1.82) is 0 Å². The number of fused-ring (bicyclic) bond motifs is 1. The molecular formula is C25H37N3O4. The van der Waals surface area contributed by atoms with Gasteiger partial charge in [-0.05, 0) is 66.7 Å². The predicted octanol–water partition coefficient (Wildman–Crippen LogP) is 3.94. The van der Waals surface area contributed by atoms with E-state index in [-0.39, 0.29) is 17.4 Å². The van der Waals surface area contributed by atoms with Crippen molar-refractivity contribution in [2.24, 2.45) is 11.3 Å². The van der Waals surface area contributed by atoms with E-state index in [1.54, 1.807) is 14.2 Å². The van der Waals surface area contributed by atoms with E-state index in [0.29, 0.717) is 24.9 Å². The monoisotopic (exact) mass is 443 g/mol. The van der Waals surface area contributed by atoms with Gasteiger partial charge in [-0.2, -0.15) is 0 Å². The molecule has 1 aromatic rings. The van der Waals surface area contributed by atoms with E-state index in [0.717, 1.165) is 56.4 Å². The zero-order valence-electron chi connectivity index (χ0n) is 20.1. The number of carbonyl (C=O) groups is 2. The molecule has 32 heavy (non-hydrogen) atoms. The van der Waals surface area contributed by atoms with Gasteiger partial charge in [0.1, 0.15) is 5.54 Å². The van der Waals surface area contributed by atoms with E-state index in [9.17, 15) is 9.59 Å². The summed E-state index contributed by atoms with van der Waals surface area (Å²) in [6.45, 7) is 8.65. The van der Waals surface area contributed by atoms with E-state index in [1.165, 1.54) is 10.5 Å².